The van der Waals surface area contributed by atoms with Crippen LogP contribution in [0.25, 0.3) is 0 Å². The first-order valence-electron chi connectivity index (χ1n) is 6.09. The second-order valence-electron chi connectivity index (χ2n) is 5.14. The maximum Gasteiger partial charge on any atom is -0.0300 e. The van der Waals surface area contributed by atoms with E-state index in [-0.39, 0.29) is 0 Å². The summed E-state index contributed by atoms with van der Waals surface area (Å²) < 4.78 is 0. The van der Waals surface area contributed by atoms with Crippen LogP contribution in [0.4, 0.5) is 0 Å². The van der Waals surface area contributed by atoms with Gasteiger partial charge in [-0.15, -0.1) is 0 Å². The molecule has 0 heterocycles. The fraction of sp³-hybridized carbons (Fsp3) is 0.857. The summed E-state index contributed by atoms with van der Waals surface area (Å²) in [7, 11) is 0. The smallest absolute Gasteiger partial charge is 0.0300 e. The first kappa shape index (κ1) is 13.7. The quantitative estimate of drug-likeness (QED) is 0.512. The minimum atomic E-state index is 0.542. The Morgan fingerprint density at radius 3 is 2.21 bits per heavy atom. The van der Waals surface area contributed by atoms with Gasteiger partial charge in [-0.25, -0.2) is 0 Å². The van der Waals surface area contributed by atoms with Gasteiger partial charge in [0, 0.05) is 0 Å². The Kier molecular flexibility index (Phi) is 6.15. The molecule has 84 valence electrons. The highest BCUT2D eigenvalue weighted by atomic mass is 14.3. The normalized spacial score (nSPS) is 17.3. The molecule has 0 heteroatoms. The summed E-state index contributed by atoms with van der Waals surface area (Å²) in [6.45, 7) is 13.8. The Hall–Kier alpha value is -0.260. The Bertz CT molecular complexity index is 174. The van der Waals surface area contributed by atoms with Gasteiger partial charge in [0.25, 0.3) is 0 Å². The van der Waals surface area contributed by atoms with Crippen LogP contribution in [0, 0.1) is 11.3 Å². The summed E-state index contributed by atoms with van der Waals surface area (Å²) in [5.74, 6) is 0.845. The Morgan fingerprint density at radius 2 is 1.86 bits per heavy atom. The lowest BCUT2D eigenvalue weighted by Crippen LogP contribution is -2.23. The van der Waals surface area contributed by atoms with Crippen LogP contribution in [-0.2, 0) is 0 Å². The third-order valence-electron chi connectivity index (χ3n) is 3.88. The number of hydrogen-bond donors (Lipinski definition) is 0. The molecule has 0 aromatic heterocycles. The molecule has 0 aromatic carbocycles. The molecule has 0 rings (SSSR count). The number of rotatable bonds is 6. The standard InChI is InChI=1S/C14H28/c1-7-13(5)14(6,8-2)11-9-10-12(3)4/h10,13H,7-9,11H2,1-6H3. The Labute approximate surface area is 90.8 Å². The molecule has 0 nitrogen and oxygen atoms in total. The van der Waals surface area contributed by atoms with E-state index in [1.165, 1.54) is 31.3 Å². The zero-order valence-corrected chi connectivity index (χ0v) is 11.0. The largest absolute Gasteiger partial charge is 0.0859 e. The van der Waals surface area contributed by atoms with Crippen LogP contribution in [0.5, 0.6) is 0 Å². The third-order valence-corrected chi connectivity index (χ3v) is 3.88. The Morgan fingerprint density at radius 1 is 1.29 bits per heavy atom. The summed E-state index contributed by atoms with van der Waals surface area (Å²) in [5.41, 5.74) is 1.99. The van der Waals surface area contributed by atoms with Gasteiger partial charge < -0.3 is 0 Å². The van der Waals surface area contributed by atoms with Crippen LogP contribution >= 0.6 is 0 Å². The van der Waals surface area contributed by atoms with Gasteiger partial charge in [0.1, 0.15) is 0 Å². The molecule has 14 heavy (non-hydrogen) atoms. The zero-order valence-electron chi connectivity index (χ0n) is 11.0. The van der Waals surface area contributed by atoms with Gasteiger partial charge in [0.15, 0.2) is 0 Å². The van der Waals surface area contributed by atoms with E-state index in [0.29, 0.717) is 5.41 Å². The molecular weight excluding hydrogens is 168 g/mol. The maximum atomic E-state index is 2.44. The highest BCUT2D eigenvalue weighted by Crippen LogP contribution is 2.37. The van der Waals surface area contributed by atoms with Crippen molar-refractivity contribution in [2.45, 2.75) is 67.2 Å². The van der Waals surface area contributed by atoms with Gasteiger partial charge in [-0.1, -0.05) is 52.2 Å². The summed E-state index contributed by atoms with van der Waals surface area (Å²) in [6.07, 6.45) is 7.56. The minimum Gasteiger partial charge on any atom is -0.0859 e. The molecular formula is C14H28. The van der Waals surface area contributed by atoms with Gasteiger partial charge in [-0.2, -0.15) is 0 Å². The van der Waals surface area contributed by atoms with Gasteiger partial charge >= 0.3 is 0 Å². The molecule has 0 aliphatic rings. The number of hydrogen-bond acceptors (Lipinski definition) is 0. The van der Waals surface area contributed by atoms with Gasteiger partial charge in [-0.05, 0) is 38.0 Å². The summed E-state index contributed by atoms with van der Waals surface area (Å²) in [6, 6.07) is 0. The Balaban J connectivity index is 4.19. The first-order chi connectivity index (χ1) is 6.46. The summed E-state index contributed by atoms with van der Waals surface area (Å²) in [4.78, 5) is 0. The van der Waals surface area contributed by atoms with E-state index < -0.39 is 0 Å². The van der Waals surface area contributed by atoms with Crippen molar-refractivity contribution in [1.29, 1.82) is 0 Å². The minimum absolute atomic E-state index is 0.542. The van der Waals surface area contributed by atoms with Gasteiger partial charge in [0.2, 0.25) is 0 Å². The van der Waals surface area contributed by atoms with Crippen LogP contribution in [0.1, 0.15) is 67.2 Å². The van der Waals surface area contributed by atoms with E-state index in [9.17, 15) is 0 Å². The lowest BCUT2D eigenvalue weighted by Gasteiger charge is -2.34. The third kappa shape index (κ3) is 4.30. The molecule has 0 amide bonds. The molecule has 2 unspecified atom stereocenters. The molecule has 0 radical (unpaired) electrons. The maximum absolute atomic E-state index is 2.44. The van der Waals surface area contributed by atoms with Crippen molar-refractivity contribution in [3.63, 3.8) is 0 Å². The molecule has 0 fully saturated rings. The molecule has 0 aliphatic carbocycles. The van der Waals surface area contributed by atoms with E-state index in [0.717, 1.165) is 5.92 Å². The molecule has 2 atom stereocenters. The van der Waals surface area contributed by atoms with Crippen molar-refractivity contribution in [2.75, 3.05) is 0 Å². The van der Waals surface area contributed by atoms with Crippen molar-refractivity contribution in [2.24, 2.45) is 11.3 Å². The molecule has 0 aromatic rings. The van der Waals surface area contributed by atoms with Crippen LogP contribution < -0.4 is 0 Å². The highest BCUT2D eigenvalue weighted by Gasteiger charge is 2.26. The van der Waals surface area contributed by atoms with E-state index in [1.807, 2.05) is 0 Å². The van der Waals surface area contributed by atoms with E-state index >= 15 is 0 Å². The van der Waals surface area contributed by atoms with E-state index in [1.54, 1.807) is 0 Å². The average Bonchev–Trinajstić information content (AvgIpc) is 2.15. The number of allylic oxidation sites excluding steroid dienone is 2. The van der Waals surface area contributed by atoms with E-state index in [2.05, 4.69) is 47.6 Å². The molecule has 0 N–H and O–H groups in total. The molecule has 0 saturated carbocycles. The molecule has 0 saturated heterocycles. The van der Waals surface area contributed by atoms with Crippen LogP contribution in [0.15, 0.2) is 11.6 Å². The lowest BCUT2D eigenvalue weighted by molar-refractivity contribution is 0.172. The van der Waals surface area contributed by atoms with Gasteiger partial charge in [0.05, 0.1) is 0 Å². The van der Waals surface area contributed by atoms with Crippen molar-refractivity contribution in [3.05, 3.63) is 11.6 Å². The summed E-state index contributed by atoms with van der Waals surface area (Å²) in [5, 5.41) is 0. The van der Waals surface area contributed by atoms with Gasteiger partial charge in [-0.3, -0.25) is 0 Å². The van der Waals surface area contributed by atoms with Crippen molar-refractivity contribution < 1.29 is 0 Å². The predicted molar refractivity (Wildman–Crippen MR) is 66.5 cm³/mol. The first-order valence-corrected chi connectivity index (χ1v) is 6.09. The zero-order chi connectivity index (χ0) is 11.2. The second kappa shape index (κ2) is 6.27. The highest BCUT2D eigenvalue weighted by molar-refractivity contribution is 4.94. The second-order valence-corrected chi connectivity index (χ2v) is 5.14. The fourth-order valence-corrected chi connectivity index (χ4v) is 1.96. The van der Waals surface area contributed by atoms with Crippen molar-refractivity contribution >= 4 is 0 Å². The molecule has 0 aliphatic heterocycles. The summed E-state index contributed by atoms with van der Waals surface area (Å²) >= 11 is 0. The van der Waals surface area contributed by atoms with Crippen LogP contribution in [-0.4, -0.2) is 0 Å². The van der Waals surface area contributed by atoms with Crippen LogP contribution in [0.2, 0.25) is 0 Å². The van der Waals surface area contributed by atoms with Crippen molar-refractivity contribution in [3.8, 4) is 0 Å². The van der Waals surface area contributed by atoms with Crippen LogP contribution in [0.3, 0.4) is 0 Å². The fourth-order valence-electron chi connectivity index (χ4n) is 1.96. The average molecular weight is 196 g/mol. The lowest BCUT2D eigenvalue weighted by atomic mass is 9.71. The molecule has 0 bridgehead atoms. The topological polar surface area (TPSA) is 0 Å². The SMILES string of the molecule is CCC(C)C(C)(CC)CCC=C(C)C. The monoisotopic (exact) mass is 196 g/mol. The predicted octanol–water partition coefficient (Wildman–Crippen LogP) is 5.20. The van der Waals surface area contributed by atoms with Crippen molar-refractivity contribution in [1.82, 2.24) is 0 Å². The molecule has 0 spiro atoms. The van der Waals surface area contributed by atoms with E-state index in [4.69, 9.17) is 0 Å².